The molecule has 0 radical (unpaired) electrons. The molecule has 1 aliphatic heterocycles. The maximum Gasteiger partial charge on any atom is 0.253 e. The Kier molecular flexibility index (Phi) is 5.30. The van der Waals surface area contributed by atoms with Crippen molar-refractivity contribution in [3.63, 3.8) is 0 Å². The third-order valence-corrected chi connectivity index (χ3v) is 4.80. The molecule has 1 aliphatic rings. The molecule has 1 saturated heterocycles. The summed E-state index contributed by atoms with van der Waals surface area (Å²) >= 11 is 0. The highest BCUT2D eigenvalue weighted by molar-refractivity contribution is 6.01. The third-order valence-electron chi connectivity index (χ3n) is 4.80. The number of para-hydroxylation sites is 2. The highest BCUT2D eigenvalue weighted by atomic mass is 16.5. The van der Waals surface area contributed by atoms with Crippen molar-refractivity contribution in [2.24, 2.45) is 5.92 Å². The zero-order valence-electron chi connectivity index (χ0n) is 15.7. The number of rotatable bonds is 5. The van der Waals surface area contributed by atoms with Crippen molar-refractivity contribution in [2.45, 2.75) is 26.8 Å². The zero-order valence-corrected chi connectivity index (χ0v) is 15.7. The minimum atomic E-state index is -0.466. The van der Waals surface area contributed by atoms with Crippen molar-refractivity contribution in [3.8, 4) is 5.75 Å². The van der Waals surface area contributed by atoms with Crippen molar-refractivity contribution in [1.29, 1.82) is 0 Å². The molecule has 0 aliphatic carbocycles. The van der Waals surface area contributed by atoms with Gasteiger partial charge in [-0.15, -0.1) is 0 Å². The second-order valence-corrected chi connectivity index (χ2v) is 6.74. The Morgan fingerprint density at radius 3 is 2.74 bits per heavy atom. The lowest BCUT2D eigenvalue weighted by atomic mass is 10.1. The first-order valence-electron chi connectivity index (χ1n) is 8.81. The molecule has 142 valence electrons. The molecule has 2 aromatic rings. The quantitative estimate of drug-likeness (QED) is 0.839. The molecule has 0 saturated carbocycles. The van der Waals surface area contributed by atoms with E-state index in [4.69, 9.17) is 4.74 Å². The molecule has 1 aromatic heterocycles. The number of H-pyrrole nitrogens is 1. The van der Waals surface area contributed by atoms with Crippen LogP contribution in [-0.4, -0.2) is 30.5 Å². The number of nitrogens with zero attached hydrogens (tertiary/aromatic N) is 1. The molecule has 2 amide bonds. The number of hydrogen-bond acceptors (Lipinski definition) is 4. The van der Waals surface area contributed by atoms with E-state index in [-0.39, 0.29) is 36.9 Å². The summed E-state index contributed by atoms with van der Waals surface area (Å²) in [5, 5.41) is 2.79. The van der Waals surface area contributed by atoms with Crippen molar-refractivity contribution in [2.75, 3.05) is 18.6 Å². The number of anilines is 1. The fraction of sp³-hybridized carbons (Fsp3) is 0.350. The number of aryl methyl sites for hydroxylation is 2. The summed E-state index contributed by atoms with van der Waals surface area (Å²) < 4.78 is 5.31. The van der Waals surface area contributed by atoms with Gasteiger partial charge in [0.2, 0.25) is 11.8 Å². The van der Waals surface area contributed by atoms with Gasteiger partial charge in [0.05, 0.1) is 18.7 Å². The van der Waals surface area contributed by atoms with Crippen LogP contribution in [0.2, 0.25) is 0 Å². The fourth-order valence-electron chi connectivity index (χ4n) is 3.39. The largest absolute Gasteiger partial charge is 0.495 e. The summed E-state index contributed by atoms with van der Waals surface area (Å²) in [4.78, 5) is 41.4. The number of ether oxygens (including phenoxy) is 1. The Bertz CT molecular complexity index is 935. The van der Waals surface area contributed by atoms with Crippen molar-refractivity contribution >= 4 is 17.5 Å². The summed E-state index contributed by atoms with van der Waals surface area (Å²) in [5.41, 5.74) is 2.59. The number of pyridine rings is 1. The maximum atomic E-state index is 12.6. The van der Waals surface area contributed by atoms with E-state index < -0.39 is 5.92 Å². The van der Waals surface area contributed by atoms with E-state index >= 15 is 0 Å². The van der Waals surface area contributed by atoms with Gasteiger partial charge < -0.3 is 19.9 Å². The predicted octanol–water partition coefficient (Wildman–Crippen LogP) is 1.67. The molecule has 0 bridgehead atoms. The molecular formula is C20H23N3O4. The first-order chi connectivity index (χ1) is 12.9. The van der Waals surface area contributed by atoms with Crippen LogP contribution in [0.4, 0.5) is 5.69 Å². The molecule has 7 heteroatoms. The molecule has 7 nitrogen and oxygen atoms in total. The molecule has 0 spiro atoms. The Balaban J connectivity index is 1.69. The van der Waals surface area contributed by atoms with E-state index in [1.165, 1.54) is 0 Å². The maximum absolute atomic E-state index is 12.6. The van der Waals surface area contributed by atoms with E-state index in [0.29, 0.717) is 17.0 Å². The van der Waals surface area contributed by atoms with E-state index in [9.17, 15) is 14.4 Å². The average molecular weight is 369 g/mol. The normalized spacial score (nSPS) is 16.5. The number of amides is 2. The van der Waals surface area contributed by atoms with Crippen LogP contribution in [0, 0.1) is 19.8 Å². The lowest BCUT2D eigenvalue weighted by Crippen LogP contribution is -2.34. The monoisotopic (exact) mass is 369 g/mol. The van der Waals surface area contributed by atoms with Gasteiger partial charge in [-0.2, -0.15) is 0 Å². The van der Waals surface area contributed by atoms with Crippen molar-refractivity contribution in [3.05, 3.63) is 57.5 Å². The standard InChI is InChI=1S/C20H23N3O4/c1-12-8-13(2)22-20(26)15(12)10-21-19(25)14-9-18(24)23(11-14)16-6-4-5-7-17(16)27-3/h4-8,14H,9-11H2,1-3H3,(H,21,25)(H,22,26)/t14-/m1/s1. The topological polar surface area (TPSA) is 91.5 Å². The van der Waals surface area contributed by atoms with Crippen LogP contribution in [-0.2, 0) is 16.1 Å². The third kappa shape index (κ3) is 3.86. The first-order valence-corrected chi connectivity index (χ1v) is 8.81. The number of carbonyl (C=O) groups excluding carboxylic acids is 2. The molecule has 1 fully saturated rings. The Hall–Kier alpha value is -3.09. The van der Waals surface area contributed by atoms with Gasteiger partial charge >= 0.3 is 0 Å². The number of benzene rings is 1. The van der Waals surface area contributed by atoms with Crippen LogP contribution in [0.1, 0.15) is 23.2 Å². The predicted molar refractivity (Wildman–Crippen MR) is 102 cm³/mol. The van der Waals surface area contributed by atoms with Crippen LogP contribution >= 0.6 is 0 Å². The highest BCUT2D eigenvalue weighted by Gasteiger charge is 2.36. The number of carbonyl (C=O) groups is 2. The summed E-state index contributed by atoms with van der Waals surface area (Å²) in [5.74, 6) is -0.231. The Labute approximate surface area is 157 Å². The molecule has 27 heavy (non-hydrogen) atoms. The van der Waals surface area contributed by atoms with Gasteiger partial charge in [0.15, 0.2) is 0 Å². The second-order valence-electron chi connectivity index (χ2n) is 6.74. The number of methoxy groups -OCH3 is 1. The fourth-order valence-corrected chi connectivity index (χ4v) is 3.39. The number of aromatic amines is 1. The van der Waals surface area contributed by atoms with Gasteiger partial charge in [-0.25, -0.2) is 0 Å². The molecule has 1 aromatic carbocycles. The molecular weight excluding hydrogens is 346 g/mol. The minimum Gasteiger partial charge on any atom is -0.495 e. The second kappa shape index (κ2) is 7.65. The number of nitrogens with one attached hydrogen (secondary N) is 2. The van der Waals surface area contributed by atoms with Crippen LogP contribution in [0.25, 0.3) is 0 Å². The van der Waals surface area contributed by atoms with E-state index in [2.05, 4.69) is 10.3 Å². The smallest absolute Gasteiger partial charge is 0.253 e. The van der Waals surface area contributed by atoms with Gasteiger partial charge in [0, 0.05) is 30.8 Å². The molecule has 1 atom stereocenters. The molecule has 0 unspecified atom stereocenters. The van der Waals surface area contributed by atoms with Crippen molar-refractivity contribution < 1.29 is 14.3 Å². The lowest BCUT2D eigenvalue weighted by Gasteiger charge is -2.19. The van der Waals surface area contributed by atoms with Gasteiger partial charge in [-0.05, 0) is 37.6 Å². The summed E-state index contributed by atoms with van der Waals surface area (Å²) in [6.45, 7) is 4.08. The van der Waals surface area contributed by atoms with Crippen LogP contribution in [0.5, 0.6) is 5.75 Å². The minimum absolute atomic E-state index is 0.121. The zero-order chi connectivity index (χ0) is 19.6. The summed E-state index contributed by atoms with van der Waals surface area (Å²) in [7, 11) is 1.55. The van der Waals surface area contributed by atoms with Gasteiger partial charge in [-0.3, -0.25) is 14.4 Å². The summed E-state index contributed by atoms with van der Waals surface area (Å²) in [6.07, 6.45) is 0.132. The summed E-state index contributed by atoms with van der Waals surface area (Å²) in [6, 6.07) is 9.10. The SMILES string of the molecule is COc1ccccc1N1C[C@H](C(=O)NCc2c(C)cc(C)[nH]c2=O)CC1=O. The number of hydrogen-bond donors (Lipinski definition) is 2. The van der Waals surface area contributed by atoms with Gasteiger partial charge in [0.1, 0.15) is 5.75 Å². The highest BCUT2D eigenvalue weighted by Crippen LogP contribution is 2.32. The van der Waals surface area contributed by atoms with Crippen LogP contribution in [0.15, 0.2) is 35.1 Å². The van der Waals surface area contributed by atoms with E-state index in [1.807, 2.05) is 32.0 Å². The van der Waals surface area contributed by atoms with Crippen LogP contribution in [0.3, 0.4) is 0 Å². The first kappa shape index (κ1) is 18.7. The molecule has 2 N–H and O–H groups in total. The van der Waals surface area contributed by atoms with E-state index in [1.54, 1.807) is 24.1 Å². The molecule has 2 heterocycles. The average Bonchev–Trinajstić information content (AvgIpc) is 3.02. The Morgan fingerprint density at radius 1 is 1.30 bits per heavy atom. The lowest BCUT2D eigenvalue weighted by molar-refractivity contribution is -0.126. The van der Waals surface area contributed by atoms with Gasteiger partial charge in [-0.1, -0.05) is 12.1 Å². The van der Waals surface area contributed by atoms with Crippen molar-refractivity contribution in [1.82, 2.24) is 10.3 Å². The van der Waals surface area contributed by atoms with Crippen LogP contribution < -0.4 is 20.5 Å². The van der Waals surface area contributed by atoms with E-state index in [0.717, 1.165) is 11.3 Å². The molecule has 3 rings (SSSR count). The van der Waals surface area contributed by atoms with Gasteiger partial charge in [0.25, 0.3) is 5.56 Å². The number of aromatic nitrogens is 1. The Morgan fingerprint density at radius 2 is 2.04 bits per heavy atom.